The van der Waals surface area contributed by atoms with Crippen LogP contribution in [0.4, 0.5) is 17.6 Å². The Hall–Kier alpha value is -2.46. The van der Waals surface area contributed by atoms with Crippen molar-refractivity contribution < 1.29 is 30.8 Å². The highest BCUT2D eigenvalue weighted by atomic mass is 32.2. The van der Waals surface area contributed by atoms with E-state index in [2.05, 4.69) is 4.72 Å². The molecule has 1 aliphatic heterocycles. The number of alkyl halides is 3. The normalized spacial score (nSPS) is 16.1. The fourth-order valence-corrected chi connectivity index (χ4v) is 4.71. The summed E-state index contributed by atoms with van der Waals surface area (Å²) in [6.07, 6.45) is -3.68. The van der Waals surface area contributed by atoms with E-state index >= 15 is 0 Å². The Morgan fingerprint density at radius 1 is 1.10 bits per heavy atom. The molecule has 1 amide bonds. The number of carbonyl (C=O) groups excluding carboxylic acids is 1. The van der Waals surface area contributed by atoms with E-state index in [1.807, 2.05) is 0 Å². The fourth-order valence-electron chi connectivity index (χ4n) is 3.36. The average molecular weight is 444 g/mol. The maximum Gasteiger partial charge on any atom is 0.416 e. The van der Waals surface area contributed by atoms with Gasteiger partial charge >= 0.3 is 6.18 Å². The number of nitrogens with zero attached hydrogens (tertiary/aromatic N) is 1. The van der Waals surface area contributed by atoms with Crippen molar-refractivity contribution in [2.24, 2.45) is 0 Å². The Labute approximate surface area is 171 Å². The number of sulfonamides is 1. The highest BCUT2D eigenvalue weighted by Gasteiger charge is 2.32. The van der Waals surface area contributed by atoms with E-state index in [0.717, 1.165) is 18.2 Å². The van der Waals surface area contributed by atoms with Gasteiger partial charge < -0.3 is 4.90 Å². The molecule has 162 valence electrons. The van der Waals surface area contributed by atoms with Crippen molar-refractivity contribution in [1.82, 2.24) is 9.62 Å². The summed E-state index contributed by atoms with van der Waals surface area (Å²) in [6.45, 7) is 0.308. The first-order valence-electron chi connectivity index (χ1n) is 9.23. The van der Waals surface area contributed by atoms with E-state index in [9.17, 15) is 30.8 Å². The summed E-state index contributed by atoms with van der Waals surface area (Å²) in [5.41, 5.74) is -0.628. The molecule has 1 heterocycles. The second kappa shape index (κ2) is 8.73. The van der Waals surface area contributed by atoms with E-state index in [4.69, 9.17) is 0 Å². The molecule has 0 aliphatic carbocycles. The standard InChI is InChI=1S/C20H20F4N2O3S/c21-17-7-1-4-14(10-17)13-30(28,29)25-18(12-26-9-3-8-19(26)27)15-5-2-6-16(11-15)20(22,23)24/h1-2,4-7,10-11,18,25H,3,8-9,12-13H2. The zero-order chi connectivity index (χ0) is 21.9. The average Bonchev–Trinajstić information content (AvgIpc) is 3.05. The van der Waals surface area contributed by atoms with Gasteiger partial charge in [-0.2, -0.15) is 13.2 Å². The van der Waals surface area contributed by atoms with Gasteiger partial charge in [-0.15, -0.1) is 0 Å². The molecule has 0 saturated carbocycles. The summed E-state index contributed by atoms with van der Waals surface area (Å²) in [6, 6.07) is 8.31. The number of carbonyl (C=O) groups is 1. The molecule has 1 aliphatic rings. The Balaban J connectivity index is 1.88. The van der Waals surface area contributed by atoms with Gasteiger partial charge in [0, 0.05) is 19.5 Å². The van der Waals surface area contributed by atoms with Gasteiger partial charge in [-0.3, -0.25) is 4.79 Å². The zero-order valence-electron chi connectivity index (χ0n) is 15.8. The molecule has 5 nitrogen and oxygen atoms in total. The number of amides is 1. The van der Waals surface area contributed by atoms with Gasteiger partial charge in [0.15, 0.2) is 0 Å². The lowest BCUT2D eigenvalue weighted by molar-refractivity contribution is -0.137. The zero-order valence-corrected chi connectivity index (χ0v) is 16.6. The van der Waals surface area contributed by atoms with Crippen LogP contribution in [0.25, 0.3) is 0 Å². The van der Waals surface area contributed by atoms with Gasteiger partial charge in [-0.05, 0) is 41.8 Å². The first kappa shape index (κ1) is 22.2. The summed E-state index contributed by atoms with van der Waals surface area (Å²) in [5, 5.41) is 0. The summed E-state index contributed by atoms with van der Waals surface area (Å²) in [5.74, 6) is -1.33. The molecule has 2 aromatic carbocycles. The fraction of sp³-hybridized carbons (Fsp3) is 0.350. The Morgan fingerprint density at radius 2 is 1.83 bits per heavy atom. The molecule has 1 saturated heterocycles. The molecule has 2 aromatic rings. The van der Waals surface area contributed by atoms with Crippen molar-refractivity contribution in [3.8, 4) is 0 Å². The lowest BCUT2D eigenvalue weighted by Crippen LogP contribution is -2.39. The molecule has 10 heteroatoms. The highest BCUT2D eigenvalue weighted by Crippen LogP contribution is 2.31. The summed E-state index contributed by atoms with van der Waals surface area (Å²) >= 11 is 0. The van der Waals surface area contributed by atoms with E-state index < -0.39 is 39.4 Å². The second-order valence-corrected chi connectivity index (χ2v) is 8.88. The van der Waals surface area contributed by atoms with Crippen LogP contribution in [-0.4, -0.2) is 32.3 Å². The third-order valence-corrected chi connectivity index (χ3v) is 6.12. The predicted molar refractivity (Wildman–Crippen MR) is 102 cm³/mol. The number of hydrogen-bond acceptors (Lipinski definition) is 3. The summed E-state index contributed by atoms with van der Waals surface area (Å²) in [7, 11) is -4.04. The first-order valence-corrected chi connectivity index (χ1v) is 10.9. The minimum absolute atomic E-state index is 0.0901. The number of likely N-dealkylation sites (tertiary alicyclic amines) is 1. The molecule has 1 fully saturated rings. The number of hydrogen-bond donors (Lipinski definition) is 1. The number of nitrogens with one attached hydrogen (secondary N) is 1. The second-order valence-electron chi connectivity index (χ2n) is 7.13. The van der Waals surface area contributed by atoms with Crippen LogP contribution in [-0.2, 0) is 26.7 Å². The predicted octanol–water partition coefficient (Wildman–Crippen LogP) is 3.63. The largest absolute Gasteiger partial charge is 0.416 e. The maximum absolute atomic E-state index is 13.4. The van der Waals surface area contributed by atoms with Gasteiger partial charge in [0.1, 0.15) is 5.82 Å². The monoisotopic (exact) mass is 444 g/mol. The molecule has 0 bridgehead atoms. The summed E-state index contributed by atoms with van der Waals surface area (Å²) in [4.78, 5) is 13.4. The van der Waals surface area contributed by atoms with Crippen molar-refractivity contribution in [3.63, 3.8) is 0 Å². The number of benzene rings is 2. The van der Waals surface area contributed by atoms with Crippen molar-refractivity contribution in [3.05, 3.63) is 71.0 Å². The van der Waals surface area contributed by atoms with Crippen LogP contribution in [0.5, 0.6) is 0 Å². The lowest BCUT2D eigenvalue weighted by atomic mass is 10.0. The number of rotatable bonds is 7. The Morgan fingerprint density at radius 3 is 2.47 bits per heavy atom. The number of halogens is 4. The van der Waals surface area contributed by atoms with E-state index in [-0.39, 0.29) is 23.6 Å². The lowest BCUT2D eigenvalue weighted by Gasteiger charge is -2.25. The third kappa shape index (κ3) is 5.79. The van der Waals surface area contributed by atoms with Crippen LogP contribution in [0.15, 0.2) is 48.5 Å². The molecular weight excluding hydrogens is 424 g/mol. The Bertz CT molecular complexity index is 1020. The van der Waals surface area contributed by atoms with E-state index in [0.29, 0.717) is 19.4 Å². The quantitative estimate of drug-likeness (QED) is 0.664. The smallest absolute Gasteiger partial charge is 0.341 e. The SMILES string of the molecule is O=C1CCCN1CC(NS(=O)(=O)Cc1cccc(F)c1)c1cccc(C(F)(F)F)c1. The summed E-state index contributed by atoms with van der Waals surface area (Å²) < 4.78 is 80.5. The van der Waals surface area contributed by atoms with Crippen LogP contribution in [0.1, 0.15) is 35.6 Å². The van der Waals surface area contributed by atoms with Gasteiger partial charge in [0.2, 0.25) is 15.9 Å². The van der Waals surface area contributed by atoms with Crippen LogP contribution < -0.4 is 4.72 Å². The van der Waals surface area contributed by atoms with Crippen LogP contribution in [0.2, 0.25) is 0 Å². The van der Waals surface area contributed by atoms with Gasteiger partial charge in [-0.25, -0.2) is 17.5 Å². The van der Waals surface area contributed by atoms with Crippen LogP contribution in [0.3, 0.4) is 0 Å². The minimum atomic E-state index is -4.59. The Kier molecular flexibility index (Phi) is 6.47. The first-order chi connectivity index (χ1) is 14.0. The molecule has 1 N–H and O–H groups in total. The molecule has 0 radical (unpaired) electrons. The molecule has 1 atom stereocenters. The molecule has 3 rings (SSSR count). The van der Waals surface area contributed by atoms with Gasteiger partial charge in [0.25, 0.3) is 0 Å². The topological polar surface area (TPSA) is 66.5 Å². The third-order valence-electron chi connectivity index (χ3n) is 4.76. The molecule has 1 unspecified atom stereocenters. The van der Waals surface area contributed by atoms with Gasteiger partial charge in [0.05, 0.1) is 17.4 Å². The van der Waals surface area contributed by atoms with Crippen molar-refractivity contribution in [1.29, 1.82) is 0 Å². The molecule has 30 heavy (non-hydrogen) atoms. The van der Waals surface area contributed by atoms with Crippen molar-refractivity contribution >= 4 is 15.9 Å². The molecular formula is C20H20F4N2O3S. The van der Waals surface area contributed by atoms with E-state index in [1.165, 1.54) is 35.2 Å². The van der Waals surface area contributed by atoms with E-state index in [1.54, 1.807) is 0 Å². The van der Waals surface area contributed by atoms with Crippen molar-refractivity contribution in [2.45, 2.75) is 30.8 Å². The molecule has 0 spiro atoms. The minimum Gasteiger partial charge on any atom is -0.341 e. The van der Waals surface area contributed by atoms with Crippen molar-refractivity contribution in [2.75, 3.05) is 13.1 Å². The van der Waals surface area contributed by atoms with Crippen LogP contribution >= 0.6 is 0 Å². The molecule has 0 aromatic heterocycles. The highest BCUT2D eigenvalue weighted by molar-refractivity contribution is 7.88. The van der Waals surface area contributed by atoms with Crippen LogP contribution in [0, 0.1) is 5.82 Å². The van der Waals surface area contributed by atoms with Gasteiger partial charge in [-0.1, -0.05) is 24.3 Å². The maximum atomic E-state index is 13.4.